The maximum absolute atomic E-state index is 12.7. The highest BCUT2D eigenvalue weighted by Gasteiger charge is 2.30. The Hall–Kier alpha value is -6.26. The summed E-state index contributed by atoms with van der Waals surface area (Å²) in [5, 5.41) is 12.7. The average Bonchev–Trinajstić information content (AvgIpc) is 3.63. The molecule has 0 fully saturated rings. The van der Waals surface area contributed by atoms with Gasteiger partial charge in [0.25, 0.3) is 0 Å². The number of phenols is 1. The van der Waals surface area contributed by atoms with Crippen LogP contribution in [0.2, 0.25) is 0 Å². The quantitative estimate of drug-likeness (QED) is 0.181. The molecule has 0 radical (unpaired) electrons. The summed E-state index contributed by atoms with van der Waals surface area (Å²) in [6.45, 7) is 32.3. The van der Waals surface area contributed by atoms with Gasteiger partial charge in [-0.2, -0.15) is 0 Å². The number of fused-ring (bicyclic) bond motifs is 1. The molecule has 4 heteroatoms. The molecule has 66 heavy (non-hydrogen) atoms. The summed E-state index contributed by atoms with van der Waals surface area (Å²) in [6, 6.07) is 43.6. The summed E-state index contributed by atoms with van der Waals surface area (Å²) < 4.78 is 21.7. The molecule has 0 unspecified atom stereocenters. The molecule has 0 amide bonds. The predicted octanol–water partition coefficient (Wildman–Crippen LogP) is 16.9. The number of nitrogens with zero attached hydrogens (tertiary/aromatic N) is 3. The number of hydrogen-bond acceptors (Lipinski definition) is 3. The number of phenolic OH excluding ortho intramolecular Hbond substituents is 1. The van der Waals surface area contributed by atoms with Crippen LogP contribution in [0.1, 0.15) is 134 Å². The third-order valence-corrected chi connectivity index (χ3v) is 12.8. The third-order valence-electron chi connectivity index (χ3n) is 12.8. The molecular formula is C62H69N3O. The van der Waals surface area contributed by atoms with Gasteiger partial charge in [0.15, 0.2) is 0 Å². The molecule has 0 atom stereocenters. The molecule has 0 bridgehead atoms. The van der Waals surface area contributed by atoms with Crippen LogP contribution in [0, 0.1) is 0 Å². The van der Waals surface area contributed by atoms with E-state index in [1.165, 1.54) is 11.1 Å². The molecule has 6 aromatic carbocycles. The minimum atomic E-state index is -0.611. The lowest BCUT2D eigenvalue weighted by molar-refractivity contribution is 0.446. The van der Waals surface area contributed by atoms with Crippen LogP contribution in [-0.4, -0.2) is 19.6 Å². The van der Waals surface area contributed by atoms with Crippen molar-refractivity contribution in [3.8, 4) is 67.5 Å². The van der Waals surface area contributed by atoms with Crippen molar-refractivity contribution in [2.75, 3.05) is 0 Å². The first-order valence-corrected chi connectivity index (χ1v) is 23.5. The topological polar surface area (TPSA) is 50.9 Å². The Kier molecular flexibility index (Phi) is 10.9. The Balaban J connectivity index is 1.46. The molecule has 0 aliphatic carbocycles. The van der Waals surface area contributed by atoms with Gasteiger partial charge in [0.2, 0.25) is 0 Å². The van der Waals surface area contributed by atoms with Gasteiger partial charge < -0.3 is 5.11 Å². The zero-order valence-electron chi connectivity index (χ0n) is 43.9. The van der Waals surface area contributed by atoms with Gasteiger partial charge in [-0.25, -0.2) is 4.98 Å². The molecule has 0 spiro atoms. The van der Waals surface area contributed by atoms with E-state index >= 15 is 0 Å². The molecule has 338 valence electrons. The van der Waals surface area contributed by atoms with Crippen molar-refractivity contribution >= 4 is 11.0 Å². The fraction of sp³-hybridized carbons (Fsp3) is 0.323. The van der Waals surface area contributed by atoms with Crippen molar-refractivity contribution in [3.05, 3.63) is 167 Å². The zero-order chi connectivity index (χ0) is 49.5. The number of aromatic nitrogens is 3. The van der Waals surface area contributed by atoms with E-state index in [0.717, 1.165) is 66.9 Å². The van der Waals surface area contributed by atoms with Gasteiger partial charge in [0.1, 0.15) is 11.6 Å². The Morgan fingerprint density at radius 3 is 1.70 bits per heavy atom. The number of pyridine rings is 1. The summed E-state index contributed by atoms with van der Waals surface area (Å²) in [5.74, 6) is 0.368. The Morgan fingerprint density at radius 2 is 1.08 bits per heavy atom. The third kappa shape index (κ3) is 9.12. The highest BCUT2D eigenvalue weighted by Crippen LogP contribution is 2.46. The fourth-order valence-electron chi connectivity index (χ4n) is 8.69. The lowest BCUT2D eigenvalue weighted by Gasteiger charge is -2.28. The average molecular weight is 874 g/mol. The lowest BCUT2D eigenvalue weighted by atomic mass is 9.79. The standard InChI is InChI=1S/C62H69N3O/c1-58(2,3)44-26-24-39(25-27-44)41-30-31-63-52(35-41)43-32-42(33-46(34-43)60(7,8)9)48-22-19-23-54-55(48)64-57(50-37-47(61(10,11)12)38-51(56(50)66)62(13,14)15)65(54)53-29-28-45(59(4,5)6)36-49(53)40-20-17-16-18-21-40/h16-38,66H,1-15H3/i37D,38D. The Morgan fingerprint density at radius 1 is 0.455 bits per heavy atom. The second-order valence-electron chi connectivity index (χ2n) is 23.3. The first kappa shape index (κ1) is 43.6. The van der Waals surface area contributed by atoms with Gasteiger partial charge >= 0.3 is 0 Å². The van der Waals surface area contributed by atoms with Crippen molar-refractivity contribution in [1.82, 2.24) is 14.5 Å². The van der Waals surface area contributed by atoms with E-state index in [2.05, 4.69) is 182 Å². The molecule has 0 saturated carbocycles. The first-order valence-electron chi connectivity index (χ1n) is 24.5. The van der Waals surface area contributed by atoms with Gasteiger partial charge in [-0.3, -0.25) is 9.55 Å². The minimum absolute atomic E-state index is 0.0629. The predicted molar refractivity (Wildman–Crippen MR) is 281 cm³/mol. The Labute approximate surface area is 397 Å². The molecule has 0 aliphatic heterocycles. The van der Waals surface area contributed by atoms with Crippen molar-refractivity contribution in [3.63, 3.8) is 0 Å². The summed E-state index contributed by atoms with van der Waals surface area (Å²) in [4.78, 5) is 10.6. The van der Waals surface area contributed by atoms with E-state index in [1.807, 2.05) is 53.8 Å². The van der Waals surface area contributed by atoms with E-state index in [4.69, 9.17) is 9.97 Å². The molecule has 8 rings (SSSR count). The number of rotatable bonds is 6. The second kappa shape index (κ2) is 16.6. The molecule has 0 saturated heterocycles. The van der Waals surface area contributed by atoms with E-state index in [0.29, 0.717) is 22.5 Å². The summed E-state index contributed by atoms with van der Waals surface area (Å²) in [5.41, 5.74) is 14.1. The zero-order valence-corrected chi connectivity index (χ0v) is 41.9. The van der Waals surface area contributed by atoms with Crippen molar-refractivity contribution in [2.24, 2.45) is 0 Å². The highest BCUT2D eigenvalue weighted by atomic mass is 16.3. The van der Waals surface area contributed by atoms with Gasteiger partial charge in [-0.05, 0) is 120 Å². The number of para-hydroxylation sites is 1. The van der Waals surface area contributed by atoms with E-state index in [9.17, 15) is 7.85 Å². The molecule has 2 aromatic heterocycles. The highest BCUT2D eigenvalue weighted by molar-refractivity contribution is 5.98. The van der Waals surface area contributed by atoms with Crippen LogP contribution in [0.3, 0.4) is 0 Å². The Bertz CT molecular complexity index is 3160. The molecule has 0 aliphatic rings. The van der Waals surface area contributed by atoms with Crippen molar-refractivity contribution in [2.45, 2.75) is 131 Å². The summed E-state index contributed by atoms with van der Waals surface area (Å²) in [7, 11) is 0. The van der Waals surface area contributed by atoms with Crippen LogP contribution in [-0.2, 0) is 27.1 Å². The van der Waals surface area contributed by atoms with Crippen molar-refractivity contribution in [1.29, 1.82) is 0 Å². The van der Waals surface area contributed by atoms with Gasteiger partial charge in [0.05, 0.1) is 30.7 Å². The smallest absolute Gasteiger partial charge is 0.149 e. The van der Waals surface area contributed by atoms with Gasteiger partial charge in [-0.15, -0.1) is 0 Å². The van der Waals surface area contributed by atoms with Crippen LogP contribution in [0.4, 0.5) is 0 Å². The summed E-state index contributed by atoms with van der Waals surface area (Å²) in [6.07, 6.45) is 1.90. The minimum Gasteiger partial charge on any atom is -0.507 e. The fourth-order valence-corrected chi connectivity index (χ4v) is 8.69. The molecule has 2 heterocycles. The second-order valence-corrected chi connectivity index (χ2v) is 23.3. The molecule has 1 N–H and O–H groups in total. The number of aromatic hydroxyl groups is 1. The monoisotopic (exact) mass is 874 g/mol. The van der Waals surface area contributed by atoms with Gasteiger partial charge in [0, 0.05) is 28.5 Å². The first-order chi connectivity index (χ1) is 31.6. The van der Waals surface area contributed by atoms with Crippen LogP contribution >= 0.6 is 0 Å². The van der Waals surface area contributed by atoms with Crippen molar-refractivity contribution < 1.29 is 7.85 Å². The number of hydrogen-bond donors (Lipinski definition) is 1. The maximum Gasteiger partial charge on any atom is 0.149 e. The van der Waals surface area contributed by atoms with E-state index in [1.54, 1.807) is 0 Å². The van der Waals surface area contributed by atoms with Crippen LogP contribution in [0.25, 0.3) is 72.7 Å². The SMILES string of the molecule is [2H]c1c(-c2nc3c(-c4cc(-c5cc(-c6ccc(C(C)(C)C)cc6)ccn5)cc(C(C)(C)C)c4)cccc3n2-c2ccc(C(C)(C)C)cc2-c2ccccc2)c(O)c(C(C)(C)C)c([2H])c1C(C)(C)C. The lowest BCUT2D eigenvalue weighted by Crippen LogP contribution is -2.17. The normalized spacial score (nSPS) is 13.3. The molecular weight excluding hydrogens is 803 g/mol. The number of imidazole rings is 1. The van der Waals surface area contributed by atoms with Crippen LogP contribution < -0.4 is 0 Å². The van der Waals surface area contributed by atoms with Gasteiger partial charge in [-0.1, -0.05) is 189 Å². The molecule has 4 nitrogen and oxygen atoms in total. The summed E-state index contributed by atoms with van der Waals surface area (Å²) >= 11 is 0. The van der Waals surface area contributed by atoms with Crippen LogP contribution in [0.15, 0.2) is 140 Å². The molecule has 8 aromatic rings. The van der Waals surface area contributed by atoms with Crippen LogP contribution in [0.5, 0.6) is 5.75 Å². The number of benzene rings is 6. The van der Waals surface area contributed by atoms with E-state index < -0.39 is 10.8 Å². The maximum atomic E-state index is 12.7. The van der Waals surface area contributed by atoms with E-state index in [-0.39, 0.29) is 34.1 Å². The largest absolute Gasteiger partial charge is 0.507 e.